The molecule has 2 saturated heterocycles. The first-order valence-electron chi connectivity index (χ1n) is 12.5. The molecule has 0 bridgehead atoms. The molecule has 1 aromatic heterocycles. The second-order valence-electron chi connectivity index (χ2n) is 9.14. The van der Waals surface area contributed by atoms with Gasteiger partial charge < -0.3 is 25.3 Å². The molecule has 0 spiro atoms. The molecule has 0 amide bonds. The molecule has 0 unspecified atom stereocenters. The standard InChI is InChI=1S/C27H33N7S/c1-21(22-10-4-2-5-11-22)28-27(35)31-26-29-24(33-14-8-9-15-33)20-25(30-26)34-18-16-32(17-19-34)23-12-6-3-7-13-23/h2-7,10-13,20-21H,8-9,14-19H2,1H3,(H2,28,29,30,31,35)/t21-/m0/s1. The number of para-hydroxylation sites is 1. The van der Waals surface area contributed by atoms with Crippen LogP contribution in [0.15, 0.2) is 66.7 Å². The Bertz CT molecular complexity index is 1110. The van der Waals surface area contributed by atoms with E-state index in [1.54, 1.807) is 0 Å². The second-order valence-corrected chi connectivity index (χ2v) is 9.55. The molecule has 3 heterocycles. The lowest BCUT2D eigenvalue weighted by Gasteiger charge is -2.37. The third-order valence-electron chi connectivity index (χ3n) is 6.73. The van der Waals surface area contributed by atoms with Crippen LogP contribution in [0.3, 0.4) is 0 Å². The van der Waals surface area contributed by atoms with E-state index in [0.29, 0.717) is 11.1 Å². The van der Waals surface area contributed by atoms with Gasteiger partial charge in [0.2, 0.25) is 5.95 Å². The average Bonchev–Trinajstić information content (AvgIpc) is 3.45. The summed E-state index contributed by atoms with van der Waals surface area (Å²) < 4.78 is 0. The largest absolute Gasteiger partial charge is 0.368 e. The summed E-state index contributed by atoms with van der Waals surface area (Å²) in [5, 5.41) is 7.15. The molecule has 0 aliphatic carbocycles. The van der Waals surface area contributed by atoms with Crippen LogP contribution in [0.25, 0.3) is 0 Å². The minimum Gasteiger partial charge on any atom is -0.368 e. The van der Waals surface area contributed by atoms with Gasteiger partial charge in [-0.2, -0.15) is 9.97 Å². The van der Waals surface area contributed by atoms with E-state index in [9.17, 15) is 0 Å². The van der Waals surface area contributed by atoms with Gasteiger partial charge in [-0.05, 0) is 49.7 Å². The van der Waals surface area contributed by atoms with Gasteiger partial charge in [-0.25, -0.2) is 0 Å². The van der Waals surface area contributed by atoms with E-state index >= 15 is 0 Å². The highest BCUT2D eigenvalue weighted by molar-refractivity contribution is 7.80. The Labute approximate surface area is 213 Å². The Balaban J connectivity index is 1.30. The SMILES string of the molecule is C[C@H](NC(=S)Nc1nc(N2CCCC2)cc(N2CCN(c3ccccc3)CC2)n1)c1ccccc1. The number of benzene rings is 2. The number of piperazine rings is 1. The minimum atomic E-state index is 0.0866. The Hall–Kier alpha value is -3.39. The fourth-order valence-electron chi connectivity index (χ4n) is 4.74. The van der Waals surface area contributed by atoms with Gasteiger partial charge in [0.1, 0.15) is 11.6 Å². The molecule has 2 aromatic carbocycles. The van der Waals surface area contributed by atoms with Crippen molar-refractivity contribution in [3.63, 3.8) is 0 Å². The third kappa shape index (κ3) is 5.82. The summed E-state index contributed by atoms with van der Waals surface area (Å²) >= 11 is 5.62. The fourth-order valence-corrected chi connectivity index (χ4v) is 5.01. The van der Waals surface area contributed by atoms with E-state index in [4.69, 9.17) is 22.2 Å². The first-order chi connectivity index (χ1) is 17.2. The monoisotopic (exact) mass is 487 g/mol. The van der Waals surface area contributed by atoms with Crippen LogP contribution in [0.4, 0.5) is 23.3 Å². The highest BCUT2D eigenvalue weighted by atomic mass is 32.1. The zero-order valence-corrected chi connectivity index (χ0v) is 21.0. The maximum Gasteiger partial charge on any atom is 0.232 e. The van der Waals surface area contributed by atoms with Crippen molar-refractivity contribution in [1.82, 2.24) is 15.3 Å². The topological polar surface area (TPSA) is 59.6 Å². The van der Waals surface area contributed by atoms with Gasteiger partial charge in [0, 0.05) is 51.0 Å². The zero-order chi connectivity index (χ0) is 24.0. The lowest BCUT2D eigenvalue weighted by Crippen LogP contribution is -2.47. The van der Waals surface area contributed by atoms with E-state index in [1.807, 2.05) is 18.2 Å². The highest BCUT2D eigenvalue weighted by Crippen LogP contribution is 2.26. The van der Waals surface area contributed by atoms with E-state index in [0.717, 1.165) is 50.9 Å². The van der Waals surface area contributed by atoms with Crippen LogP contribution in [-0.2, 0) is 0 Å². The smallest absolute Gasteiger partial charge is 0.232 e. The van der Waals surface area contributed by atoms with Crippen LogP contribution in [0.2, 0.25) is 0 Å². The number of hydrogen-bond acceptors (Lipinski definition) is 6. The molecule has 182 valence electrons. The third-order valence-corrected chi connectivity index (χ3v) is 6.95. The van der Waals surface area contributed by atoms with Crippen molar-refractivity contribution < 1.29 is 0 Å². The van der Waals surface area contributed by atoms with Crippen molar-refractivity contribution in [3.05, 3.63) is 72.3 Å². The lowest BCUT2D eigenvalue weighted by molar-refractivity contribution is 0.647. The minimum absolute atomic E-state index is 0.0866. The van der Waals surface area contributed by atoms with E-state index < -0.39 is 0 Å². The van der Waals surface area contributed by atoms with Crippen LogP contribution < -0.4 is 25.3 Å². The normalized spacial score (nSPS) is 16.8. The number of aromatic nitrogens is 2. The Morgan fingerprint density at radius 1 is 0.771 bits per heavy atom. The maximum absolute atomic E-state index is 5.62. The summed E-state index contributed by atoms with van der Waals surface area (Å²) in [5.41, 5.74) is 2.46. The Morgan fingerprint density at radius 3 is 1.94 bits per heavy atom. The van der Waals surface area contributed by atoms with Crippen LogP contribution in [0.5, 0.6) is 0 Å². The molecular weight excluding hydrogens is 454 g/mol. The van der Waals surface area contributed by atoms with Crippen molar-refractivity contribution in [2.45, 2.75) is 25.8 Å². The molecule has 2 aliphatic rings. The van der Waals surface area contributed by atoms with Gasteiger partial charge in [0.15, 0.2) is 5.11 Å². The summed E-state index contributed by atoms with van der Waals surface area (Å²) in [7, 11) is 0. The van der Waals surface area contributed by atoms with Crippen LogP contribution in [-0.4, -0.2) is 54.3 Å². The summed E-state index contributed by atoms with van der Waals surface area (Å²) in [6.45, 7) is 7.92. The first-order valence-corrected chi connectivity index (χ1v) is 12.9. The number of nitrogens with zero attached hydrogens (tertiary/aromatic N) is 5. The maximum atomic E-state index is 5.62. The van der Waals surface area contributed by atoms with Crippen LogP contribution >= 0.6 is 12.2 Å². The molecule has 35 heavy (non-hydrogen) atoms. The van der Waals surface area contributed by atoms with E-state index in [1.165, 1.54) is 24.1 Å². The molecule has 2 aliphatic heterocycles. The van der Waals surface area contributed by atoms with Gasteiger partial charge >= 0.3 is 0 Å². The first kappa shape index (κ1) is 23.4. The number of hydrogen-bond donors (Lipinski definition) is 2. The summed E-state index contributed by atoms with van der Waals surface area (Å²) in [4.78, 5) is 16.8. The summed E-state index contributed by atoms with van der Waals surface area (Å²) in [6, 6.07) is 23.1. The van der Waals surface area contributed by atoms with Crippen molar-refractivity contribution in [2.75, 3.05) is 59.3 Å². The molecule has 2 fully saturated rings. The molecule has 2 N–H and O–H groups in total. The van der Waals surface area contributed by atoms with Gasteiger partial charge in [-0.15, -0.1) is 0 Å². The quantitative estimate of drug-likeness (QED) is 0.495. The van der Waals surface area contributed by atoms with Crippen molar-refractivity contribution >= 4 is 40.6 Å². The molecule has 5 rings (SSSR count). The Kier molecular flexibility index (Phi) is 7.28. The predicted molar refractivity (Wildman–Crippen MR) is 149 cm³/mol. The molecule has 1 atom stereocenters. The molecule has 7 nitrogen and oxygen atoms in total. The van der Waals surface area contributed by atoms with Gasteiger partial charge in [-0.3, -0.25) is 0 Å². The fraction of sp³-hybridized carbons (Fsp3) is 0.370. The number of rotatable bonds is 6. The lowest BCUT2D eigenvalue weighted by atomic mass is 10.1. The van der Waals surface area contributed by atoms with Crippen molar-refractivity contribution in [3.8, 4) is 0 Å². The summed E-state index contributed by atoms with van der Waals surface area (Å²) in [5.74, 6) is 2.48. The summed E-state index contributed by atoms with van der Waals surface area (Å²) in [6.07, 6.45) is 2.40. The van der Waals surface area contributed by atoms with E-state index in [-0.39, 0.29) is 6.04 Å². The number of nitrogens with one attached hydrogen (secondary N) is 2. The van der Waals surface area contributed by atoms with Crippen LogP contribution in [0, 0.1) is 0 Å². The molecule has 3 aromatic rings. The van der Waals surface area contributed by atoms with Gasteiger partial charge in [0.05, 0.1) is 6.04 Å². The van der Waals surface area contributed by atoms with Crippen LogP contribution in [0.1, 0.15) is 31.4 Å². The molecule has 8 heteroatoms. The highest BCUT2D eigenvalue weighted by Gasteiger charge is 2.22. The molecule has 0 saturated carbocycles. The zero-order valence-electron chi connectivity index (χ0n) is 20.2. The van der Waals surface area contributed by atoms with Gasteiger partial charge in [-0.1, -0.05) is 48.5 Å². The van der Waals surface area contributed by atoms with Crippen molar-refractivity contribution in [2.24, 2.45) is 0 Å². The number of thiocarbonyl (C=S) groups is 1. The van der Waals surface area contributed by atoms with E-state index in [2.05, 4.69) is 80.8 Å². The second kappa shape index (κ2) is 10.9. The molecule has 0 radical (unpaired) electrons. The molecular formula is C27H33N7S. The predicted octanol–water partition coefficient (Wildman–Crippen LogP) is 4.45. The number of anilines is 4. The Morgan fingerprint density at radius 2 is 1.31 bits per heavy atom. The average molecular weight is 488 g/mol. The van der Waals surface area contributed by atoms with Crippen molar-refractivity contribution in [1.29, 1.82) is 0 Å². The van der Waals surface area contributed by atoms with Gasteiger partial charge in [0.25, 0.3) is 0 Å².